The summed E-state index contributed by atoms with van der Waals surface area (Å²) in [6, 6.07) is 19.6. The van der Waals surface area contributed by atoms with Gasteiger partial charge >= 0.3 is 0 Å². The highest BCUT2D eigenvalue weighted by atomic mass is 16.5. The summed E-state index contributed by atoms with van der Waals surface area (Å²) in [7, 11) is 1.63. The SMILES string of the molecule is COc1ccc(-c2[nH]c3ccccc3c2CCC(=O)N(CC#N)CC#N)cc1. The van der Waals surface area contributed by atoms with Crippen LogP contribution in [-0.2, 0) is 11.2 Å². The molecule has 1 amide bonds. The number of aromatic amines is 1. The normalized spacial score (nSPS) is 10.2. The molecule has 0 aliphatic rings. The first-order valence-electron chi connectivity index (χ1n) is 8.93. The van der Waals surface area contributed by atoms with Crippen LogP contribution in [0.25, 0.3) is 22.2 Å². The molecule has 2 aromatic carbocycles. The zero-order valence-corrected chi connectivity index (χ0v) is 15.6. The number of ether oxygens (including phenoxy) is 1. The van der Waals surface area contributed by atoms with Gasteiger partial charge in [0.2, 0.25) is 5.91 Å². The highest BCUT2D eigenvalue weighted by Crippen LogP contribution is 2.32. The molecule has 6 heteroatoms. The molecule has 140 valence electrons. The van der Waals surface area contributed by atoms with Crippen LogP contribution in [0.4, 0.5) is 0 Å². The standard InChI is InChI=1S/C22H20N4O2/c1-28-17-8-6-16(7-9-17)22-19(18-4-2-3-5-20(18)25-22)10-11-21(27)26(14-12-23)15-13-24/h2-9,25H,10-11,14-15H2,1H3. The van der Waals surface area contributed by atoms with Gasteiger partial charge in [0.05, 0.1) is 19.2 Å². The maximum absolute atomic E-state index is 12.5. The Morgan fingerprint density at radius 2 is 1.75 bits per heavy atom. The number of para-hydroxylation sites is 1. The van der Waals surface area contributed by atoms with Crippen molar-refractivity contribution in [2.24, 2.45) is 0 Å². The molecule has 0 aliphatic carbocycles. The molecule has 0 radical (unpaired) electrons. The van der Waals surface area contributed by atoms with E-state index < -0.39 is 0 Å². The second-order valence-corrected chi connectivity index (χ2v) is 6.32. The summed E-state index contributed by atoms with van der Waals surface area (Å²) < 4.78 is 5.23. The second kappa shape index (κ2) is 8.75. The first kappa shape index (κ1) is 19.0. The third kappa shape index (κ3) is 3.97. The van der Waals surface area contributed by atoms with Crippen LogP contribution in [0.3, 0.4) is 0 Å². The van der Waals surface area contributed by atoms with Crippen molar-refractivity contribution >= 4 is 16.8 Å². The molecule has 1 heterocycles. The lowest BCUT2D eigenvalue weighted by Gasteiger charge is -2.15. The Hall–Kier alpha value is -3.77. The van der Waals surface area contributed by atoms with E-state index in [2.05, 4.69) is 4.98 Å². The summed E-state index contributed by atoms with van der Waals surface area (Å²) in [6.45, 7) is -0.156. The minimum Gasteiger partial charge on any atom is -0.497 e. The van der Waals surface area contributed by atoms with E-state index in [0.29, 0.717) is 6.42 Å². The zero-order valence-electron chi connectivity index (χ0n) is 15.6. The topological polar surface area (TPSA) is 92.9 Å². The maximum Gasteiger partial charge on any atom is 0.224 e. The molecular formula is C22H20N4O2. The van der Waals surface area contributed by atoms with Crippen molar-refractivity contribution in [2.45, 2.75) is 12.8 Å². The molecule has 0 spiro atoms. The van der Waals surface area contributed by atoms with Gasteiger partial charge in [0.1, 0.15) is 18.8 Å². The Kier molecular flexibility index (Phi) is 5.94. The largest absolute Gasteiger partial charge is 0.497 e. The fourth-order valence-corrected chi connectivity index (χ4v) is 3.26. The smallest absolute Gasteiger partial charge is 0.224 e. The van der Waals surface area contributed by atoms with Crippen LogP contribution in [0.15, 0.2) is 48.5 Å². The van der Waals surface area contributed by atoms with Gasteiger partial charge in [-0.25, -0.2) is 0 Å². The number of H-pyrrole nitrogens is 1. The van der Waals surface area contributed by atoms with Gasteiger partial charge in [0.25, 0.3) is 0 Å². The lowest BCUT2D eigenvalue weighted by atomic mass is 10.0. The molecular weight excluding hydrogens is 352 g/mol. The molecule has 0 saturated carbocycles. The molecule has 1 N–H and O–H groups in total. The molecule has 0 aliphatic heterocycles. The number of aryl methyl sites for hydroxylation is 1. The number of aromatic nitrogens is 1. The summed E-state index contributed by atoms with van der Waals surface area (Å²) in [5.74, 6) is 0.578. The van der Waals surface area contributed by atoms with Crippen LogP contribution < -0.4 is 4.74 Å². The van der Waals surface area contributed by atoms with Crippen LogP contribution in [0.1, 0.15) is 12.0 Å². The van der Waals surface area contributed by atoms with E-state index in [4.69, 9.17) is 15.3 Å². The number of fused-ring (bicyclic) bond motifs is 1. The Bertz CT molecular complexity index is 1040. The molecule has 0 bridgehead atoms. The summed E-state index contributed by atoms with van der Waals surface area (Å²) in [6.07, 6.45) is 0.742. The number of hydrogen-bond acceptors (Lipinski definition) is 4. The highest BCUT2D eigenvalue weighted by molar-refractivity contribution is 5.91. The van der Waals surface area contributed by atoms with Crippen molar-refractivity contribution in [1.29, 1.82) is 10.5 Å². The molecule has 0 saturated heterocycles. The number of methoxy groups -OCH3 is 1. The van der Waals surface area contributed by atoms with Crippen LogP contribution in [0.2, 0.25) is 0 Å². The number of nitriles is 2. The quantitative estimate of drug-likeness (QED) is 0.641. The number of rotatable bonds is 7. The van der Waals surface area contributed by atoms with E-state index >= 15 is 0 Å². The number of benzene rings is 2. The number of carbonyl (C=O) groups is 1. The lowest BCUT2D eigenvalue weighted by Crippen LogP contribution is -2.31. The van der Waals surface area contributed by atoms with Crippen LogP contribution >= 0.6 is 0 Å². The van der Waals surface area contributed by atoms with Gasteiger partial charge in [-0.2, -0.15) is 10.5 Å². The molecule has 28 heavy (non-hydrogen) atoms. The Morgan fingerprint density at radius 1 is 1.07 bits per heavy atom. The van der Waals surface area contributed by atoms with Crippen molar-refractivity contribution in [3.05, 3.63) is 54.1 Å². The van der Waals surface area contributed by atoms with Crippen LogP contribution in [-0.4, -0.2) is 36.0 Å². The van der Waals surface area contributed by atoms with Crippen molar-refractivity contribution < 1.29 is 9.53 Å². The number of amides is 1. The van der Waals surface area contributed by atoms with Crippen LogP contribution in [0.5, 0.6) is 5.75 Å². The van der Waals surface area contributed by atoms with E-state index in [9.17, 15) is 4.79 Å². The van der Waals surface area contributed by atoms with Crippen molar-refractivity contribution in [3.8, 4) is 29.1 Å². The average molecular weight is 372 g/mol. The van der Waals surface area contributed by atoms with Gasteiger partial charge in [0, 0.05) is 23.0 Å². The minimum absolute atomic E-state index is 0.0778. The van der Waals surface area contributed by atoms with Gasteiger partial charge in [-0.3, -0.25) is 4.79 Å². The van der Waals surface area contributed by atoms with Crippen molar-refractivity contribution in [3.63, 3.8) is 0 Å². The lowest BCUT2D eigenvalue weighted by molar-refractivity contribution is -0.129. The third-order valence-electron chi connectivity index (χ3n) is 4.66. The van der Waals surface area contributed by atoms with Gasteiger partial charge < -0.3 is 14.6 Å². The van der Waals surface area contributed by atoms with E-state index in [1.807, 2.05) is 60.7 Å². The molecule has 1 aromatic heterocycles. The summed E-state index contributed by atoms with van der Waals surface area (Å²) >= 11 is 0. The number of nitrogens with one attached hydrogen (secondary N) is 1. The Morgan fingerprint density at radius 3 is 2.39 bits per heavy atom. The molecule has 0 fully saturated rings. The molecule has 0 atom stereocenters. The molecule has 3 rings (SSSR count). The van der Waals surface area contributed by atoms with Crippen molar-refractivity contribution in [1.82, 2.24) is 9.88 Å². The van der Waals surface area contributed by atoms with Gasteiger partial charge in [-0.15, -0.1) is 0 Å². The average Bonchev–Trinajstić information content (AvgIpc) is 3.10. The highest BCUT2D eigenvalue weighted by Gasteiger charge is 2.17. The van der Waals surface area contributed by atoms with Crippen molar-refractivity contribution in [2.75, 3.05) is 20.2 Å². The monoisotopic (exact) mass is 372 g/mol. The van der Waals surface area contributed by atoms with Gasteiger partial charge in [0.15, 0.2) is 0 Å². The maximum atomic E-state index is 12.5. The fraction of sp³-hybridized carbons (Fsp3) is 0.227. The van der Waals surface area contributed by atoms with E-state index in [0.717, 1.165) is 33.5 Å². The van der Waals surface area contributed by atoms with E-state index in [1.165, 1.54) is 4.90 Å². The molecule has 6 nitrogen and oxygen atoms in total. The number of nitrogens with zero attached hydrogens (tertiary/aromatic N) is 3. The predicted octanol–water partition coefficient (Wildman–Crippen LogP) is 3.65. The Balaban J connectivity index is 1.92. The Labute approximate surface area is 163 Å². The van der Waals surface area contributed by atoms with Crippen LogP contribution in [0, 0.1) is 22.7 Å². The van der Waals surface area contributed by atoms with Gasteiger partial charge in [-0.05, 0) is 47.9 Å². The minimum atomic E-state index is -0.200. The summed E-state index contributed by atoms with van der Waals surface area (Å²) in [5, 5.41) is 18.8. The predicted molar refractivity (Wildman–Crippen MR) is 106 cm³/mol. The summed E-state index contributed by atoms with van der Waals surface area (Å²) in [5.41, 5.74) is 4.01. The molecule has 3 aromatic rings. The summed E-state index contributed by atoms with van der Waals surface area (Å²) in [4.78, 5) is 17.2. The first-order valence-corrected chi connectivity index (χ1v) is 8.93. The van der Waals surface area contributed by atoms with E-state index in [-0.39, 0.29) is 25.4 Å². The third-order valence-corrected chi connectivity index (χ3v) is 4.66. The first-order chi connectivity index (χ1) is 13.7. The number of carbonyl (C=O) groups excluding carboxylic acids is 1. The zero-order chi connectivity index (χ0) is 19.9. The number of hydrogen-bond donors (Lipinski definition) is 1. The fourth-order valence-electron chi connectivity index (χ4n) is 3.26. The molecule has 0 unspecified atom stereocenters. The van der Waals surface area contributed by atoms with E-state index in [1.54, 1.807) is 7.11 Å². The second-order valence-electron chi connectivity index (χ2n) is 6.32. The van der Waals surface area contributed by atoms with Gasteiger partial charge in [-0.1, -0.05) is 18.2 Å².